The van der Waals surface area contributed by atoms with Crippen molar-refractivity contribution in [3.8, 4) is 10.6 Å². The molecule has 0 saturated heterocycles. The largest absolute Gasteiger partial charge is 0.357 e. The monoisotopic (exact) mass is 383 g/mol. The minimum absolute atomic E-state index is 0.547. The van der Waals surface area contributed by atoms with Crippen LogP contribution >= 0.6 is 11.3 Å². The van der Waals surface area contributed by atoms with Gasteiger partial charge in [-0.25, -0.2) is 9.98 Å². The highest BCUT2D eigenvalue weighted by Gasteiger charge is 2.05. The molecule has 3 rings (SSSR count). The van der Waals surface area contributed by atoms with Gasteiger partial charge in [0.15, 0.2) is 5.96 Å². The summed E-state index contributed by atoms with van der Waals surface area (Å²) in [7, 11) is 0. The van der Waals surface area contributed by atoms with Crippen molar-refractivity contribution in [3.05, 3.63) is 53.6 Å². The molecule has 0 radical (unpaired) electrons. The second kappa shape index (κ2) is 9.82. The number of aromatic nitrogens is 4. The predicted octanol–water partition coefficient (Wildman–Crippen LogP) is 2.72. The highest BCUT2D eigenvalue weighted by Crippen LogP contribution is 2.23. The summed E-state index contributed by atoms with van der Waals surface area (Å²) in [5.41, 5.74) is 2.12. The van der Waals surface area contributed by atoms with Crippen LogP contribution in [-0.2, 0) is 19.5 Å². The van der Waals surface area contributed by atoms with Crippen LogP contribution in [0, 0.1) is 0 Å². The lowest BCUT2D eigenvalue weighted by Gasteiger charge is -2.12. The molecule has 0 amide bonds. The van der Waals surface area contributed by atoms with Crippen LogP contribution in [-0.4, -0.2) is 38.8 Å². The van der Waals surface area contributed by atoms with Crippen LogP contribution in [0.1, 0.15) is 25.4 Å². The third-order valence-electron chi connectivity index (χ3n) is 3.97. The fraction of sp³-hybridized carbons (Fsp3) is 0.368. The highest BCUT2D eigenvalue weighted by atomic mass is 32.1. The fourth-order valence-electron chi connectivity index (χ4n) is 2.63. The number of benzene rings is 1. The molecule has 142 valence electrons. The minimum atomic E-state index is 0.547. The van der Waals surface area contributed by atoms with Gasteiger partial charge < -0.3 is 15.2 Å². The Labute approximate surface area is 163 Å². The number of aryl methyl sites for hydroxylation is 1. The summed E-state index contributed by atoms with van der Waals surface area (Å²) in [4.78, 5) is 9.34. The van der Waals surface area contributed by atoms with Crippen LogP contribution in [0.4, 0.5) is 0 Å². The Bertz CT molecular complexity index is 854. The van der Waals surface area contributed by atoms with E-state index >= 15 is 0 Å². The quantitative estimate of drug-likeness (QED) is 0.462. The average molecular weight is 384 g/mol. The number of hydrogen-bond acceptors (Lipinski definition) is 5. The standard InChI is InChI=1S/C19H25N7S/c1-3-17-25-23-14-26(17)11-10-21-19(20-4-2)22-12-16-13-27-18(24-16)15-8-6-5-7-9-15/h5-9,13-14H,3-4,10-12H2,1-2H3,(H2,20,21,22). The Kier molecular flexibility index (Phi) is 6.92. The number of rotatable bonds is 8. The first-order chi connectivity index (χ1) is 13.3. The number of guanidine groups is 1. The summed E-state index contributed by atoms with van der Waals surface area (Å²) in [6.45, 7) is 7.05. The predicted molar refractivity (Wildman–Crippen MR) is 110 cm³/mol. The Hall–Kier alpha value is -2.74. The molecule has 0 fully saturated rings. The first-order valence-electron chi connectivity index (χ1n) is 9.18. The van der Waals surface area contributed by atoms with Crippen LogP contribution < -0.4 is 10.6 Å². The van der Waals surface area contributed by atoms with Crippen molar-refractivity contribution in [1.82, 2.24) is 30.4 Å². The van der Waals surface area contributed by atoms with Gasteiger partial charge in [0.05, 0.1) is 12.2 Å². The number of nitrogens with zero attached hydrogens (tertiary/aromatic N) is 5. The van der Waals surface area contributed by atoms with Crippen molar-refractivity contribution in [3.63, 3.8) is 0 Å². The normalized spacial score (nSPS) is 11.6. The van der Waals surface area contributed by atoms with E-state index < -0.39 is 0 Å². The molecular weight excluding hydrogens is 358 g/mol. The van der Waals surface area contributed by atoms with E-state index in [0.717, 1.165) is 54.1 Å². The Morgan fingerprint density at radius 1 is 1.19 bits per heavy atom. The maximum atomic E-state index is 4.69. The number of hydrogen-bond donors (Lipinski definition) is 2. The molecule has 27 heavy (non-hydrogen) atoms. The smallest absolute Gasteiger partial charge is 0.191 e. The average Bonchev–Trinajstić information content (AvgIpc) is 3.36. The third-order valence-corrected chi connectivity index (χ3v) is 4.91. The van der Waals surface area contributed by atoms with Gasteiger partial charge in [0.1, 0.15) is 17.2 Å². The van der Waals surface area contributed by atoms with E-state index in [1.165, 1.54) is 0 Å². The topological polar surface area (TPSA) is 80.0 Å². The highest BCUT2D eigenvalue weighted by molar-refractivity contribution is 7.13. The summed E-state index contributed by atoms with van der Waals surface area (Å²) >= 11 is 1.65. The zero-order valence-corrected chi connectivity index (χ0v) is 16.5. The molecule has 2 N–H and O–H groups in total. The molecule has 0 aliphatic heterocycles. The zero-order chi connectivity index (χ0) is 18.9. The second-order valence-electron chi connectivity index (χ2n) is 5.93. The first-order valence-corrected chi connectivity index (χ1v) is 10.1. The van der Waals surface area contributed by atoms with Gasteiger partial charge in [0, 0.05) is 37.0 Å². The van der Waals surface area contributed by atoms with Crippen LogP contribution in [0.2, 0.25) is 0 Å². The van der Waals surface area contributed by atoms with Gasteiger partial charge in [-0.1, -0.05) is 37.3 Å². The third kappa shape index (κ3) is 5.37. The molecule has 0 bridgehead atoms. The van der Waals surface area contributed by atoms with Crippen molar-refractivity contribution >= 4 is 17.3 Å². The molecule has 3 aromatic rings. The Morgan fingerprint density at radius 3 is 2.81 bits per heavy atom. The van der Waals surface area contributed by atoms with E-state index in [1.54, 1.807) is 17.7 Å². The molecule has 8 heteroatoms. The molecule has 7 nitrogen and oxygen atoms in total. The van der Waals surface area contributed by atoms with E-state index in [2.05, 4.69) is 61.8 Å². The summed E-state index contributed by atoms with van der Waals surface area (Å²) in [6.07, 6.45) is 2.65. The molecule has 0 saturated carbocycles. The molecule has 0 aliphatic carbocycles. The zero-order valence-electron chi connectivity index (χ0n) is 15.7. The number of nitrogens with one attached hydrogen (secondary N) is 2. The summed E-state index contributed by atoms with van der Waals surface area (Å²) in [5, 5.41) is 17.8. The lowest BCUT2D eigenvalue weighted by Crippen LogP contribution is -2.38. The maximum Gasteiger partial charge on any atom is 0.191 e. The maximum absolute atomic E-state index is 4.69. The van der Waals surface area contributed by atoms with Crippen LogP contribution in [0.15, 0.2) is 47.0 Å². The minimum Gasteiger partial charge on any atom is -0.357 e. The van der Waals surface area contributed by atoms with Crippen LogP contribution in [0.3, 0.4) is 0 Å². The Morgan fingerprint density at radius 2 is 2.04 bits per heavy atom. The summed E-state index contributed by atoms with van der Waals surface area (Å²) in [6, 6.07) is 10.2. The lowest BCUT2D eigenvalue weighted by molar-refractivity contribution is 0.632. The SMILES string of the molecule is CCNC(=NCc1csc(-c2ccccc2)n1)NCCn1cnnc1CC. The van der Waals surface area contributed by atoms with E-state index in [-0.39, 0.29) is 0 Å². The summed E-state index contributed by atoms with van der Waals surface area (Å²) < 4.78 is 2.06. The van der Waals surface area contributed by atoms with Gasteiger partial charge in [-0.2, -0.15) is 0 Å². The number of thiazole rings is 1. The van der Waals surface area contributed by atoms with Crippen LogP contribution in [0.5, 0.6) is 0 Å². The van der Waals surface area contributed by atoms with Crippen molar-refractivity contribution in [1.29, 1.82) is 0 Å². The number of aliphatic imine (C=N–C) groups is 1. The van der Waals surface area contributed by atoms with Crippen LogP contribution in [0.25, 0.3) is 10.6 Å². The summed E-state index contributed by atoms with van der Waals surface area (Å²) in [5.74, 6) is 1.78. The molecule has 2 heterocycles. The van der Waals surface area contributed by atoms with E-state index in [4.69, 9.17) is 4.98 Å². The van der Waals surface area contributed by atoms with Gasteiger partial charge in [-0.3, -0.25) is 0 Å². The molecule has 0 unspecified atom stereocenters. The van der Waals surface area contributed by atoms with Gasteiger partial charge in [0.2, 0.25) is 0 Å². The van der Waals surface area contributed by atoms with Crippen molar-refractivity contribution in [2.45, 2.75) is 33.4 Å². The molecule has 2 aromatic heterocycles. The molecular formula is C19H25N7S. The van der Waals surface area contributed by atoms with E-state index in [0.29, 0.717) is 6.54 Å². The van der Waals surface area contributed by atoms with Gasteiger partial charge in [0.25, 0.3) is 0 Å². The fourth-order valence-corrected chi connectivity index (χ4v) is 3.45. The Balaban J connectivity index is 1.56. The second-order valence-corrected chi connectivity index (χ2v) is 6.78. The van der Waals surface area contributed by atoms with Gasteiger partial charge in [-0.05, 0) is 6.92 Å². The van der Waals surface area contributed by atoms with Crippen molar-refractivity contribution in [2.24, 2.45) is 4.99 Å². The van der Waals surface area contributed by atoms with Gasteiger partial charge >= 0.3 is 0 Å². The first kappa shape index (κ1) is 19.0. The molecule has 0 spiro atoms. The lowest BCUT2D eigenvalue weighted by atomic mass is 10.2. The van der Waals surface area contributed by atoms with Crippen molar-refractivity contribution < 1.29 is 0 Å². The molecule has 1 aromatic carbocycles. The van der Waals surface area contributed by atoms with E-state index in [1.807, 2.05) is 18.2 Å². The molecule has 0 atom stereocenters. The van der Waals surface area contributed by atoms with E-state index in [9.17, 15) is 0 Å². The van der Waals surface area contributed by atoms with Gasteiger partial charge in [-0.15, -0.1) is 21.5 Å². The molecule has 0 aliphatic rings. The van der Waals surface area contributed by atoms with Crippen molar-refractivity contribution in [2.75, 3.05) is 13.1 Å².